The first-order valence-corrected chi connectivity index (χ1v) is 15.1. The normalized spacial score (nSPS) is 15.3. The van der Waals surface area contributed by atoms with Crippen LogP contribution >= 0.6 is 27.3 Å². The van der Waals surface area contributed by atoms with E-state index in [1.807, 2.05) is 25.1 Å². The lowest BCUT2D eigenvalue weighted by atomic mass is 9.95. The van der Waals surface area contributed by atoms with Crippen LogP contribution in [-0.2, 0) is 9.53 Å². The number of nitrogens with zero attached hydrogens (tertiary/aromatic N) is 3. The lowest BCUT2D eigenvalue weighted by molar-refractivity contribution is -0.139. The number of thiazole rings is 1. The molecule has 3 heterocycles. The molecule has 214 valence electrons. The molecule has 1 aliphatic rings. The molecule has 0 saturated heterocycles. The van der Waals surface area contributed by atoms with E-state index in [1.165, 1.54) is 11.3 Å². The summed E-state index contributed by atoms with van der Waals surface area (Å²) in [5, 5.41) is 1.06. The van der Waals surface area contributed by atoms with Gasteiger partial charge in [-0.15, -0.1) is 0 Å². The molecule has 0 saturated carbocycles. The van der Waals surface area contributed by atoms with Crippen molar-refractivity contribution in [3.05, 3.63) is 89.2 Å². The van der Waals surface area contributed by atoms with Crippen molar-refractivity contribution in [2.45, 2.75) is 46.7 Å². The van der Waals surface area contributed by atoms with Crippen molar-refractivity contribution in [2.24, 2.45) is 4.99 Å². The number of hydrogen-bond donors (Lipinski definition) is 0. The lowest BCUT2D eigenvalue weighted by Gasteiger charge is -2.26. The SMILES string of the molecule is CCOC(=O)C1=C(C)N=c2s/c(=C/c3cn(C(C)C)c4ccccc34)c(=O)n2[C@@H]1c1cc(OC)c(OCC)cc1Br. The first-order valence-electron chi connectivity index (χ1n) is 13.5. The van der Waals surface area contributed by atoms with Crippen molar-refractivity contribution in [2.75, 3.05) is 20.3 Å². The molecule has 0 amide bonds. The Morgan fingerprint density at radius 1 is 1.17 bits per heavy atom. The van der Waals surface area contributed by atoms with Crippen LogP contribution in [0.3, 0.4) is 0 Å². The van der Waals surface area contributed by atoms with E-state index in [0.717, 1.165) is 16.5 Å². The number of fused-ring (bicyclic) bond motifs is 2. The Balaban J connectivity index is 1.77. The minimum atomic E-state index is -0.789. The van der Waals surface area contributed by atoms with Crippen LogP contribution in [0.15, 0.2) is 68.1 Å². The number of benzene rings is 2. The van der Waals surface area contributed by atoms with E-state index in [4.69, 9.17) is 19.2 Å². The number of halogens is 1. The third-order valence-electron chi connectivity index (χ3n) is 7.01. The van der Waals surface area contributed by atoms with Crippen LogP contribution in [0.25, 0.3) is 17.0 Å². The summed E-state index contributed by atoms with van der Waals surface area (Å²) >= 11 is 4.97. The van der Waals surface area contributed by atoms with Crippen LogP contribution in [-0.4, -0.2) is 35.4 Å². The lowest BCUT2D eigenvalue weighted by Crippen LogP contribution is -2.40. The van der Waals surface area contributed by atoms with Gasteiger partial charge in [-0.1, -0.05) is 45.5 Å². The van der Waals surface area contributed by atoms with Gasteiger partial charge >= 0.3 is 5.97 Å². The van der Waals surface area contributed by atoms with Gasteiger partial charge in [-0.3, -0.25) is 9.36 Å². The third kappa shape index (κ3) is 5.15. The first kappa shape index (κ1) is 28.9. The molecule has 1 atom stereocenters. The summed E-state index contributed by atoms with van der Waals surface area (Å²) in [4.78, 5) is 32.7. The summed E-state index contributed by atoms with van der Waals surface area (Å²) in [5.74, 6) is 0.525. The Labute approximate surface area is 250 Å². The molecule has 1 aliphatic heterocycles. The van der Waals surface area contributed by atoms with Crippen LogP contribution in [0, 0.1) is 0 Å². The predicted octanol–water partition coefficient (Wildman–Crippen LogP) is 5.50. The zero-order valence-electron chi connectivity index (χ0n) is 23.9. The molecule has 0 aliphatic carbocycles. The number of esters is 1. The van der Waals surface area contributed by atoms with Gasteiger partial charge < -0.3 is 18.8 Å². The fourth-order valence-electron chi connectivity index (χ4n) is 5.19. The summed E-state index contributed by atoms with van der Waals surface area (Å²) in [7, 11) is 1.56. The second-order valence-corrected chi connectivity index (χ2v) is 11.7. The topological polar surface area (TPSA) is 84.1 Å². The van der Waals surface area contributed by atoms with E-state index in [1.54, 1.807) is 37.7 Å². The highest BCUT2D eigenvalue weighted by atomic mass is 79.9. The molecule has 41 heavy (non-hydrogen) atoms. The second kappa shape index (κ2) is 11.7. The van der Waals surface area contributed by atoms with E-state index in [9.17, 15) is 9.59 Å². The minimum absolute atomic E-state index is 0.195. The largest absolute Gasteiger partial charge is 0.493 e. The van der Waals surface area contributed by atoms with Gasteiger partial charge in [0.15, 0.2) is 16.3 Å². The zero-order chi connectivity index (χ0) is 29.4. The Morgan fingerprint density at radius 3 is 2.61 bits per heavy atom. The van der Waals surface area contributed by atoms with Crippen LogP contribution in [0.2, 0.25) is 0 Å². The highest BCUT2D eigenvalue weighted by Crippen LogP contribution is 2.41. The molecular formula is C31H32BrN3O5S. The minimum Gasteiger partial charge on any atom is -0.493 e. The Hall–Kier alpha value is -3.63. The number of ether oxygens (including phenoxy) is 3. The van der Waals surface area contributed by atoms with Gasteiger partial charge in [-0.2, -0.15) is 0 Å². The van der Waals surface area contributed by atoms with Crippen molar-refractivity contribution < 1.29 is 19.0 Å². The molecule has 0 unspecified atom stereocenters. The predicted molar refractivity (Wildman–Crippen MR) is 165 cm³/mol. The quantitative estimate of drug-likeness (QED) is 0.238. The molecule has 8 nitrogen and oxygen atoms in total. The molecule has 0 fully saturated rings. The molecule has 0 radical (unpaired) electrons. The number of rotatable bonds is 8. The van der Waals surface area contributed by atoms with Gasteiger partial charge in [-0.05, 0) is 64.5 Å². The Bertz CT molecular complexity index is 1860. The average molecular weight is 639 g/mol. The van der Waals surface area contributed by atoms with Crippen molar-refractivity contribution in [1.29, 1.82) is 0 Å². The van der Waals surface area contributed by atoms with E-state index in [2.05, 4.69) is 52.7 Å². The summed E-state index contributed by atoms with van der Waals surface area (Å²) in [6.45, 7) is 10.3. The summed E-state index contributed by atoms with van der Waals surface area (Å²) in [6, 6.07) is 11.2. The smallest absolute Gasteiger partial charge is 0.338 e. The van der Waals surface area contributed by atoms with Crippen LogP contribution in [0.5, 0.6) is 11.5 Å². The van der Waals surface area contributed by atoms with Gasteiger partial charge in [0, 0.05) is 33.2 Å². The van der Waals surface area contributed by atoms with Crippen LogP contribution in [0.1, 0.15) is 57.8 Å². The highest BCUT2D eigenvalue weighted by Gasteiger charge is 2.35. The van der Waals surface area contributed by atoms with E-state index in [-0.39, 0.29) is 18.2 Å². The van der Waals surface area contributed by atoms with Gasteiger partial charge in [0.25, 0.3) is 5.56 Å². The van der Waals surface area contributed by atoms with E-state index in [0.29, 0.717) is 48.7 Å². The molecule has 2 aromatic carbocycles. The molecule has 10 heteroatoms. The molecule has 4 aromatic rings. The van der Waals surface area contributed by atoms with Gasteiger partial charge in [-0.25, -0.2) is 9.79 Å². The number of methoxy groups -OCH3 is 1. The van der Waals surface area contributed by atoms with Crippen molar-refractivity contribution in [3.8, 4) is 11.5 Å². The van der Waals surface area contributed by atoms with E-state index >= 15 is 0 Å². The molecule has 0 N–H and O–H groups in total. The standard InChI is InChI=1S/C31H32BrN3O5S/c1-7-39-25-15-22(32)21(14-24(25)38-6)28-27(30(37)40-8-2)18(5)33-31-35(28)29(36)26(41-31)13-19-16-34(17(3)4)23-12-10-9-11-20(19)23/h9-17,28H,7-8H2,1-6H3/b26-13+/t28-/m1/s1. The average Bonchev–Trinajstić information content (AvgIpc) is 3.46. The summed E-state index contributed by atoms with van der Waals surface area (Å²) in [6.07, 6.45) is 3.99. The third-order valence-corrected chi connectivity index (χ3v) is 8.68. The molecule has 0 spiro atoms. The fraction of sp³-hybridized carbons (Fsp3) is 0.323. The monoisotopic (exact) mass is 637 g/mol. The number of carbonyl (C=O) groups excluding carboxylic acids is 1. The summed E-state index contributed by atoms with van der Waals surface area (Å²) in [5.41, 5.74) is 3.26. The fourth-order valence-corrected chi connectivity index (χ4v) is 6.77. The maximum atomic E-state index is 14.2. The van der Waals surface area contributed by atoms with Crippen molar-refractivity contribution >= 4 is 50.2 Å². The summed E-state index contributed by atoms with van der Waals surface area (Å²) < 4.78 is 21.8. The Morgan fingerprint density at radius 2 is 1.93 bits per heavy atom. The van der Waals surface area contributed by atoms with Gasteiger partial charge in [0.2, 0.25) is 0 Å². The second-order valence-electron chi connectivity index (χ2n) is 9.86. The maximum absolute atomic E-state index is 14.2. The molecule has 0 bridgehead atoms. The zero-order valence-corrected chi connectivity index (χ0v) is 26.3. The number of carbonyl (C=O) groups is 1. The van der Waals surface area contributed by atoms with Gasteiger partial charge in [0.05, 0.1) is 42.2 Å². The van der Waals surface area contributed by atoms with Crippen LogP contribution in [0.4, 0.5) is 0 Å². The molecule has 5 rings (SSSR count). The molecular weight excluding hydrogens is 606 g/mol. The molecule has 2 aromatic heterocycles. The van der Waals surface area contributed by atoms with E-state index < -0.39 is 12.0 Å². The number of para-hydroxylation sites is 1. The first-order chi connectivity index (χ1) is 19.7. The van der Waals surface area contributed by atoms with Crippen molar-refractivity contribution in [3.63, 3.8) is 0 Å². The highest BCUT2D eigenvalue weighted by molar-refractivity contribution is 9.10. The van der Waals surface area contributed by atoms with Crippen molar-refractivity contribution in [1.82, 2.24) is 9.13 Å². The maximum Gasteiger partial charge on any atom is 0.338 e. The number of hydrogen-bond acceptors (Lipinski definition) is 7. The van der Waals surface area contributed by atoms with Crippen LogP contribution < -0.4 is 24.4 Å². The van der Waals surface area contributed by atoms with Gasteiger partial charge in [0.1, 0.15) is 0 Å². The number of aromatic nitrogens is 2. The number of allylic oxidation sites excluding steroid dienone is 1. The Kier molecular flexibility index (Phi) is 8.24.